The van der Waals surface area contributed by atoms with E-state index in [0.717, 1.165) is 0 Å². The highest BCUT2D eigenvalue weighted by molar-refractivity contribution is 5.86. The first-order chi connectivity index (χ1) is 8.61. The number of rotatable bonds is 4. The molecular formula is C12H11NO5. The second-order valence-corrected chi connectivity index (χ2v) is 3.66. The lowest BCUT2D eigenvalue weighted by Crippen LogP contribution is -1.94. The van der Waals surface area contributed by atoms with E-state index in [1.54, 1.807) is 12.1 Å². The van der Waals surface area contributed by atoms with Crippen LogP contribution in [0.25, 0.3) is 11.3 Å². The fraction of sp³-hybridized carbons (Fsp3) is 0.167. The second-order valence-electron chi connectivity index (χ2n) is 3.66. The van der Waals surface area contributed by atoms with Crippen molar-refractivity contribution < 1.29 is 24.3 Å². The highest BCUT2D eigenvalue weighted by Crippen LogP contribution is 2.27. The van der Waals surface area contributed by atoms with Crippen LogP contribution in [-0.4, -0.2) is 28.4 Å². The van der Waals surface area contributed by atoms with Crippen molar-refractivity contribution in [3.63, 3.8) is 0 Å². The number of hydrogen-bond acceptors (Lipinski definition) is 5. The molecule has 6 nitrogen and oxygen atoms in total. The van der Waals surface area contributed by atoms with Crippen molar-refractivity contribution in [1.82, 2.24) is 5.16 Å². The van der Waals surface area contributed by atoms with Gasteiger partial charge in [0.25, 0.3) is 0 Å². The molecule has 0 saturated heterocycles. The predicted molar refractivity (Wildman–Crippen MR) is 61.3 cm³/mol. The molecule has 2 rings (SSSR count). The summed E-state index contributed by atoms with van der Waals surface area (Å²) in [5, 5.41) is 21.9. The number of phenols is 1. The predicted octanol–water partition coefficient (Wildman–Crippen LogP) is 1.89. The summed E-state index contributed by atoms with van der Waals surface area (Å²) >= 11 is 0. The fourth-order valence-electron chi connectivity index (χ4n) is 1.51. The van der Waals surface area contributed by atoms with Crippen molar-refractivity contribution in [3.05, 3.63) is 35.5 Å². The normalized spacial score (nSPS) is 10.5. The number of nitrogens with zero attached hydrogens (tertiary/aromatic N) is 1. The van der Waals surface area contributed by atoms with Crippen molar-refractivity contribution in [2.24, 2.45) is 0 Å². The highest BCUT2D eigenvalue weighted by atomic mass is 16.5. The number of aromatic carboxylic acids is 1. The van der Waals surface area contributed by atoms with Crippen molar-refractivity contribution in [1.29, 1.82) is 0 Å². The van der Waals surface area contributed by atoms with E-state index in [1.807, 2.05) is 0 Å². The molecule has 0 atom stereocenters. The van der Waals surface area contributed by atoms with Crippen molar-refractivity contribution in [2.75, 3.05) is 7.11 Å². The minimum atomic E-state index is -1.16. The van der Waals surface area contributed by atoms with Crippen molar-refractivity contribution >= 4 is 5.97 Å². The Morgan fingerprint density at radius 2 is 2.22 bits per heavy atom. The molecule has 2 N–H and O–H groups in total. The molecule has 0 unspecified atom stereocenters. The summed E-state index contributed by atoms with van der Waals surface area (Å²) in [5.74, 6) is -0.820. The zero-order valence-corrected chi connectivity index (χ0v) is 9.58. The van der Waals surface area contributed by atoms with Crippen LogP contribution in [0.5, 0.6) is 5.75 Å². The lowest BCUT2D eigenvalue weighted by Gasteiger charge is -2.04. The van der Waals surface area contributed by atoms with Gasteiger partial charge in [0.15, 0.2) is 11.5 Å². The Hall–Kier alpha value is -2.34. The number of benzene rings is 1. The zero-order chi connectivity index (χ0) is 13.1. The van der Waals surface area contributed by atoms with Crippen LogP contribution in [0, 0.1) is 0 Å². The quantitative estimate of drug-likeness (QED) is 0.859. The van der Waals surface area contributed by atoms with Gasteiger partial charge in [-0.1, -0.05) is 17.3 Å². The van der Waals surface area contributed by atoms with E-state index in [9.17, 15) is 9.90 Å². The molecule has 0 saturated carbocycles. The summed E-state index contributed by atoms with van der Waals surface area (Å²) in [7, 11) is 1.53. The van der Waals surface area contributed by atoms with Crippen molar-refractivity contribution in [3.8, 4) is 17.1 Å². The molecule has 0 aliphatic rings. The van der Waals surface area contributed by atoms with Gasteiger partial charge in [0.05, 0.1) is 6.61 Å². The van der Waals surface area contributed by atoms with Crippen LogP contribution in [0.15, 0.2) is 28.8 Å². The Morgan fingerprint density at radius 1 is 1.44 bits per heavy atom. The molecule has 1 heterocycles. The second kappa shape index (κ2) is 4.89. The number of aromatic hydroxyl groups is 1. The molecule has 2 aromatic rings. The van der Waals surface area contributed by atoms with Crippen molar-refractivity contribution in [2.45, 2.75) is 6.61 Å². The van der Waals surface area contributed by atoms with Gasteiger partial charge in [0.2, 0.25) is 0 Å². The van der Waals surface area contributed by atoms with Crippen LogP contribution in [0.2, 0.25) is 0 Å². The number of phenolic OH excluding ortho intramolecular Hbond substituents is 1. The van der Waals surface area contributed by atoms with Gasteiger partial charge in [-0.2, -0.15) is 0 Å². The summed E-state index contributed by atoms with van der Waals surface area (Å²) in [6, 6.07) is 6.14. The average molecular weight is 249 g/mol. The van der Waals surface area contributed by atoms with E-state index in [2.05, 4.69) is 5.16 Å². The van der Waals surface area contributed by atoms with Gasteiger partial charge in [0, 0.05) is 24.3 Å². The smallest absolute Gasteiger partial charge is 0.358 e. The summed E-state index contributed by atoms with van der Waals surface area (Å²) in [5.41, 5.74) is 1.01. The Bertz CT molecular complexity index is 576. The standard InChI is InChI=1S/C12H11NO5/c1-17-6-8-3-2-7(4-10(8)14)11-5-9(12(15)16)13-18-11/h2-5,14H,6H2,1H3,(H,15,16). The van der Waals surface area contributed by atoms with Gasteiger partial charge in [-0.3, -0.25) is 0 Å². The van der Waals surface area contributed by atoms with E-state index in [1.165, 1.54) is 19.2 Å². The third-order valence-corrected chi connectivity index (χ3v) is 2.40. The third kappa shape index (κ3) is 2.33. The van der Waals surface area contributed by atoms with Crippen LogP contribution >= 0.6 is 0 Å². The van der Waals surface area contributed by atoms with E-state index >= 15 is 0 Å². The number of methoxy groups -OCH3 is 1. The number of carboxylic acid groups (broad SMARTS) is 1. The minimum absolute atomic E-state index is 0.0580. The molecule has 0 aliphatic carbocycles. The SMILES string of the molecule is COCc1ccc(-c2cc(C(=O)O)no2)cc1O. The molecule has 0 fully saturated rings. The number of ether oxygens (including phenoxy) is 1. The van der Waals surface area contributed by atoms with Gasteiger partial charge >= 0.3 is 5.97 Å². The number of hydrogen-bond donors (Lipinski definition) is 2. The monoisotopic (exact) mass is 249 g/mol. The largest absolute Gasteiger partial charge is 0.508 e. The molecule has 6 heteroatoms. The Balaban J connectivity index is 2.33. The maximum Gasteiger partial charge on any atom is 0.358 e. The minimum Gasteiger partial charge on any atom is -0.508 e. The average Bonchev–Trinajstić information content (AvgIpc) is 2.81. The summed E-state index contributed by atoms with van der Waals surface area (Å²) in [4.78, 5) is 10.7. The lowest BCUT2D eigenvalue weighted by molar-refractivity contribution is 0.0686. The van der Waals surface area contributed by atoms with Gasteiger partial charge in [-0.05, 0) is 6.07 Å². The Morgan fingerprint density at radius 3 is 2.78 bits per heavy atom. The Kier molecular flexibility index (Phi) is 3.29. The maximum absolute atomic E-state index is 10.7. The van der Waals surface area contributed by atoms with Gasteiger partial charge in [-0.15, -0.1) is 0 Å². The van der Waals surface area contributed by atoms with Crippen LogP contribution < -0.4 is 0 Å². The van der Waals surface area contributed by atoms with Crippen LogP contribution in [0.3, 0.4) is 0 Å². The number of carbonyl (C=O) groups is 1. The lowest BCUT2D eigenvalue weighted by atomic mass is 10.1. The third-order valence-electron chi connectivity index (χ3n) is 2.40. The number of aromatic nitrogens is 1. The van der Waals surface area contributed by atoms with E-state index in [4.69, 9.17) is 14.4 Å². The van der Waals surface area contributed by atoms with Crippen LogP contribution in [0.4, 0.5) is 0 Å². The maximum atomic E-state index is 10.7. The van der Waals surface area contributed by atoms with Gasteiger partial charge in [-0.25, -0.2) is 4.79 Å². The first-order valence-electron chi connectivity index (χ1n) is 5.13. The molecule has 94 valence electrons. The highest BCUT2D eigenvalue weighted by Gasteiger charge is 2.13. The first-order valence-corrected chi connectivity index (χ1v) is 5.13. The summed E-state index contributed by atoms with van der Waals surface area (Å²) in [6.07, 6.45) is 0. The fourth-order valence-corrected chi connectivity index (χ4v) is 1.51. The molecule has 0 bridgehead atoms. The van der Waals surface area contributed by atoms with Crippen LogP contribution in [-0.2, 0) is 11.3 Å². The molecule has 0 radical (unpaired) electrons. The summed E-state index contributed by atoms with van der Waals surface area (Å²) in [6.45, 7) is 0.295. The Labute approximate surface area is 102 Å². The van der Waals surface area contributed by atoms with Crippen LogP contribution in [0.1, 0.15) is 16.1 Å². The molecular weight excluding hydrogens is 238 g/mol. The van der Waals surface area contributed by atoms with Gasteiger partial charge in [0.1, 0.15) is 5.75 Å². The van der Waals surface area contributed by atoms with E-state index in [0.29, 0.717) is 17.7 Å². The molecule has 1 aromatic heterocycles. The molecule has 0 amide bonds. The topological polar surface area (TPSA) is 92.8 Å². The van der Waals surface area contributed by atoms with E-state index in [-0.39, 0.29) is 17.2 Å². The zero-order valence-electron chi connectivity index (χ0n) is 9.58. The van der Waals surface area contributed by atoms with E-state index < -0.39 is 5.97 Å². The molecule has 18 heavy (non-hydrogen) atoms. The molecule has 0 spiro atoms. The van der Waals surface area contributed by atoms with Gasteiger partial charge < -0.3 is 19.5 Å². The number of carboxylic acids is 1. The first kappa shape index (κ1) is 12.1. The molecule has 0 aliphatic heterocycles. The summed E-state index contributed by atoms with van der Waals surface area (Å²) < 4.78 is 9.81. The molecule has 1 aromatic carbocycles.